The smallest absolute Gasteiger partial charge is 0.351 e. The number of carbonyl (C=O) groups excluding carboxylic acids is 1. The zero-order valence-electron chi connectivity index (χ0n) is 16.6. The molecule has 0 amide bonds. The number of hydrogen-bond acceptors (Lipinski definition) is 4. The summed E-state index contributed by atoms with van der Waals surface area (Å²) in [6.07, 6.45) is 4.42. The van der Waals surface area contributed by atoms with Crippen molar-refractivity contribution in [2.24, 2.45) is 0 Å². The van der Waals surface area contributed by atoms with E-state index in [1.807, 2.05) is 48.5 Å². The fourth-order valence-corrected chi connectivity index (χ4v) is 3.90. The number of aryl methyl sites for hydroxylation is 1. The lowest BCUT2D eigenvalue weighted by atomic mass is 10.1. The summed E-state index contributed by atoms with van der Waals surface area (Å²) in [4.78, 5) is 34.1. The van der Waals surface area contributed by atoms with Crippen LogP contribution in [0.2, 0.25) is 0 Å². The average molecular weight is 399 g/mol. The number of Topliss-reactive ketones (excluding diaryl/α,β-unsaturated/α-hetero) is 1. The van der Waals surface area contributed by atoms with Crippen LogP contribution in [-0.2, 0) is 13.0 Å². The van der Waals surface area contributed by atoms with Crippen LogP contribution in [0.15, 0.2) is 59.5 Å². The Bertz CT molecular complexity index is 1460. The minimum atomic E-state index is -0.355. The highest BCUT2D eigenvalue weighted by atomic mass is 16.2. The maximum Gasteiger partial charge on any atom is 0.351 e. The van der Waals surface area contributed by atoms with Crippen LogP contribution < -0.4 is 5.69 Å². The van der Waals surface area contributed by atoms with E-state index in [1.54, 1.807) is 6.20 Å². The summed E-state index contributed by atoms with van der Waals surface area (Å²) in [5, 5.41) is 6.09. The third kappa shape index (κ3) is 2.90. The van der Waals surface area contributed by atoms with Crippen LogP contribution in [0.1, 0.15) is 35.9 Å². The summed E-state index contributed by atoms with van der Waals surface area (Å²) < 4.78 is 2.82. The fraction of sp³-hybridized carbons (Fsp3) is 0.217. The van der Waals surface area contributed by atoms with Gasteiger partial charge in [-0.2, -0.15) is 4.52 Å². The molecule has 0 saturated carbocycles. The third-order valence-corrected chi connectivity index (χ3v) is 5.44. The van der Waals surface area contributed by atoms with Crippen molar-refractivity contribution in [2.45, 2.75) is 32.7 Å². The molecule has 5 rings (SSSR count). The highest BCUT2D eigenvalue weighted by molar-refractivity contribution is 6.08. The fourth-order valence-electron chi connectivity index (χ4n) is 3.90. The Labute approximate surface area is 172 Å². The molecular weight excluding hydrogens is 378 g/mol. The monoisotopic (exact) mass is 399 g/mol. The summed E-state index contributed by atoms with van der Waals surface area (Å²) >= 11 is 0. The number of rotatable bonds is 6. The molecule has 3 aromatic heterocycles. The quantitative estimate of drug-likeness (QED) is 0.441. The Kier molecular flexibility index (Phi) is 4.43. The number of benzene rings is 2. The number of unbranched alkanes of at least 4 members (excludes halogenated alkanes) is 1. The first-order valence-electron chi connectivity index (χ1n) is 10.1. The third-order valence-electron chi connectivity index (χ3n) is 5.44. The molecule has 7 heteroatoms. The normalized spacial score (nSPS) is 11.6. The van der Waals surface area contributed by atoms with Gasteiger partial charge >= 0.3 is 5.69 Å². The number of hydrogen-bond donors (Lipinski definition) is 1. The van der Waals surface area contributed by atoms with Gasteiger partial charge in [-0.1, -0.05) is 43.7 Å². The summed E-state index contributed by atoms with van der Waals surface area (Å²) in [7, 11) is 0. The molecule has 3 heterocycles. The Balaban J connectivity index is 1.65. The van der Waals surface area contributed by atoms with Gasteiger partial charge in [-0.25, -0.2) is 9.78 Å². The highest BCUT2D eigenvalue weighted by Crippen LogP contribution is 2.21. The second-order valence-electron chi connectivity index (χ2n) is 7.42. The first-order chi connectivity index (χ1) is 14.7. The molecule has 5 aromatic rings. The van der Waals surface area contributed by atoms with Crippen LogP contribution in [0.5, 0.6) is 0 Å². The second-order valence-corrected chi connectivity index (χ2v) is 7.42. The first kappa shape index (κ1) is 18.3. The van der Waals surface area contributed by atoms with Gasteiger partial charge in [0.1, 0.15) is 0 Å². The zero-order valence-corrected chi connectivity index (χ0v) is 16.6. The topological polar surface area (TPSA) is 85.0 Å². The Morgan fingerprint density at radius 1 is 1.07 bits per heavy atom. The number of H-pyrrole nitrogens is 1. The Morgan fingerprint density at radius 3 is 2.67 bits per heavy atom. The van der Waals surface area contributed by atoms with Gasteiger partial charge < -0.3 is 4.98 Å². The molecule has 0 atom stereocenters. The van der Waals surface area contributed by atoms with E-state index in [9.17, 15) is 9.59 Å². The summed E-state index contributed by atoms with van der Waals surface area (Å²) in [5.41, 5.74) is 2.33. The highest BCUT2D eigenvalue weighted by Gasteiger charge is 2.18. The molecule has 7 nitrogen and oxygen atoms in total. The molecule has 0 aliphatic rings. The summed E-state index contributed by atoms with van der Waals surface area (Å²) in [5.74, 6) is 0.519. The number of ketones is 1. The van der Waals surface area contributed by atoms with Crippen molar-refractivity contribution in [3.8, 4) is 0 Å². The van der Waals surface area contributed by atoms with Crippen LogP contribution in [-0.4, -0.2) is 29.9 Å². The van der Waals surface area contributed by atoms with Gasteiger partial charge in [0.15, 0.2) is 17.3 Å². The van der Waals surface area contributed by atoms with Gasteiger partial charge in [-0.3, -0.25) is 9.36 Å². The maximum atomic E-state index is 13.3. The van der Waals surface area contributed by atoms with Crippen LogP contribution in [0.3, 0.4) is 0 Å². The van der Waals surface area contributed by atoms with E-state index in [0.29, 0.717) is 22.6 Å². The maximum absolute atomic E-state index is 13.3. The molecule has 1 N–H and O–H groups in total. The number of nitrogens with zero attached hydrogens (tertiary/aromatic N) is 4. The molecule has 30 heavy (non-hydrogen) atoms. The van der Waals surface area contributed by atoms with Crippen LogP contribution in [0.25, 0.3) is 27.5 Å². The van der Waals surface area contributed by atoms with Crippen LogP contribution in [0.4, 0.5) is 0 Å². The van der Waals surface area contributed by atoms with Gasteiger partial charge in [-0.05, 0) is 24.6 Å². The molecule has 2 aromatic carbocycles. The van der Waals surface area contributed by atoms with Crippen molar-refractivity contribution >= 4 is 33.2 Å². The molecule has 0 spiro atoms. The number of aromatic amines is 1. The molecule has 0 aliphatic heterocycles. The molecule has 150 valence electrons. The predicted molar refractivity (Wildman–Crippen MR) is 116 cm³/mol. The Hall–Kier alpha value is -3.74. The minimum absolute atomic E-state index is 0.0682. The van der Waals surface area contributed by atoms with Gasteiger partial charge in [0.25, 0.3) is 0 Å². The molecule has 0 saturated heterocycles. The van der Waals surface area contributed by atoms with E-state index in [2.05, 4.69) is 22.0 Å². The molecule has 0 aliphatic carbocycles. The van der Waals surface area contributed by atoms with E-state index < -0.39 is 0 Å². The lowest BCUT2D eigenvalue weighted by Crippen LogP contribution is -2.30. The molecular formula is C23H21N5O2. The van der Waals surface area contributed by atoms with Crippen molar-refractivity contribution in [2.75, 3.05) is 0 Å². The van der Waals surface area contributed by atoms with E-state index in [-0.39, 0.29) is 18.0 Å². The van der Waals surface area contributed by atoms with Gasteiger partial charge in [0.2, 0.25) is 0 Å². The standard InChI is InChI=1S/C23H21N5O2/c1-2-3-12-21-25-22-16-9-5-7-11-19(16)27(23(30)28(22)26-21)14-20(29)17-13-24-18-10-6-4-8-15(17)18/h4-11,13,24H,2-3,12,14H2,1H3. The van der Waals surface area contributed by atoms with Crippen molar-refractivity contribution in [3.05, 3.63) is 76.6 Å². The number of para-hydroxylation sites is 2. The first-order valence-corrected chi connectivity index (χ1v) is 10.1. The van der Waals surface area contributed by atoms with Gasteiger partial charge in [-0.15, -0.1) is 5.10 Å². The molecule has 0 unspecified atom stereocenters. The zero-order chi connectivity index (χ0) is 20.7. The van der Waals surface area contributed by atoms with Crippen molar-refractivity contribution in [1.82, 2.24) is 24.1 Å². The number of nitrogens with one attached hydrogen (secondary N) is 1. The number of carbonyl (C=O) groups is 1. The van der Waals surface area contributed by atoms with Crippen molar-refractivity contribution in [3.63, 3.8) is 0 Å². The van der Waals surface area contributed by atoms with Crippen LogP contribution in [0, 0.1) is 0 Å². The number of aromatic nitrogens is 5. The summed E-state index contributed by atoms with van der Waals surface area (Å²) in [6.45, 7) is 2.04. The summed E-state index contributed by atoms with van der Waals surface area (Å²) in [6, 6.07) is 15.2. The molecule has 0 fully saturated rings. The average Bonchev–Trinajstić information content (AvgIpc) is 3.40. The lowest BCUT2D eigenvalue weighted by Gasteiger charge is -2.10. The van der Waals surface area contributed by atoms with Gasteiger partial charge in [0.05, 0.1) is 12.1 Å². The predicted octanol–water partition coefficient (Wildman–Crippen LogP) is 3.75. The van der Waals surface area contributed by atoms with E-state index in [1.165, 1.54) is 9.08 Å². The second kappa shape index (κ2) is 7.26. The largest absolute Gasteiger partial charge is 0.360 e. The van der Waals surface area contributed by atoms with Crippen molar-refractivity contribution < 1.29 is 4.79 Å². The van der Waals surface area contributed by atoms with Crippen molar-refractivity contribution in [1.29, 1.82) is 0 Å². The minimum Gasteiger partial charge on any atom is -0.360 e. The van der Waals surface area contributed by atoms with E-state index in [0.717, 1.165) is 35.6 Å². The Morgan fingerprint density at radius 2 is 1.83 bits per heavy atom. The molecule has 0 radical (unpaired) electrons. The van der Waals surface area contributed by atoms with Gasteiger partial charge in [0, 0.05) is 34.5 Å². The number of fused-ring (bicyclic) bond motifs is 4. The molecule has 0 bridgehead atoms. The van der Waals surface area contributed by atoms with Crippen LogP contribution >= 0.6 is 0 Å². The van der Waals surface area contributed by atoms with E-state index >= 15 is 0 Å². The SMILES string of the molecule is CCCCc1nc2c3ccccc3n(CC(=O)c3c[nH]c4ccccc34)c(=O)n2n1. The lowest BCUT2D eigenvalue weighted by molar-refractivity contribution is 0.0973. The van der Waals surface area contributed by atoms with E-state index in [4.69, 9.17) is 0 Å².